The largest absolute Gasteiger partial charge is 0.490 e. The third-order valence-corrected chi connectivity index (χ3v) is 5.93. The first-order valence-electron chi connectivity index (χ1n) is 11.5. The zero-order valence-electron chi connectivity index (χ0n) is 20.3. The van der Waals surface area contributed by atoms with Crippen LogP contribution in [0.2, 0.25) is 5.02 Å². The Kier molecular flexibility index (Phi) is 10.1. The second-order valence-electron chi connectivity index (χ2n) is 7.65. The molecule has 0 saturated heterocycles. The third-order valence-electron chi connectivity index (χ3n) is 4.75. The summed E-state index contributed by atoms with van der Waals surface area (Å²) < 4.78 is 17.3. The van der Waals surface area contributed by atoms with Crippen LogP contribution in [-0.4, -0.2) is 35.9 Å². The van der Waals surface area contributed by atoms with E-state index in [0.717, 1.165) is 29.2 Å². The van der Waals surface area contributed by atoms with Gasteiger partial charge in [-0.15, -0.1) is 10.2 Å². The number of nitrogens with one attached hydrogen (secondary N) is 1. The fourth-order valence-corrected chi connectivity index (χ4v) is 4.29. The van der Waals surface area contributed by atoms with Gasteiger partial charge in [0.2, 0.25) is 5.13 Å². The number of aryl methyl sites for hydroxylation is 2. The molecule has 188 valence electrons. The van der Waals surface area contributed by atoms with Gasteiger partial charge in [0.1, 0.15) is 35.6 Å². The highest BCUT2D eigenvalue weighted by atomic mass is 35.5. The Bertz CT molecular complexity index is 1270. The summed E-state index contributed by atoms with van der Waals surface area (Å²) in [7, 11) is 0. The molecule has 0 saturated carbocycles. The number of rotatable bonds is 12. The lowest BCUT2D eigenvalue weighted by Crippen LogP contribution is -2.13. The van der Waals surface area contributed by atoms with E-state index in [9.17, 15) is 10.1 Å². The predicted octanol–water partition coefficient (Wildman–Crippen LogP) is 5.85. The van der Waals surface area contributed by atoms with Crippen molar-refractivity contribution in [2.24, 2.45) is 0 Å². The Hall–Kier alpha value is -3.61. The van der Waals surface area contributed by atoms with Crippen LogP contribution in [0.25, 0.3) is 6.08 Å². The number of anilines is 1. The van der Waals surface area contributed by atoms with E-state index in [4.69, 9.17) is 25.8 Å². The summed E-state index contributed by atoms with van der Waals surface area (Å²) in [5.74, 6) is 0.939. The molecule has 0 atom stereocenters. The second kappa shape index (κ2) is 13.5. The average Bonchev–Trinajstić information content (AvgIpc) is 3.28. The first-order valence-corrected chi connectivity index (χ1v) is 12.7. The van der Waals surface area contributed by atoms with Crippen molar-refractivity contribution in [3.05, 3.63) is 63.1 Å². The highest BCUT2D eigenvalue weighted by Crippen LogP contribution is 2.37. The van der Waals surface area contributed by atoms with Crippen LogP contribution in [-0.2, 0) is 11.2 Å². The van der Waals surface area contributed by atoms with Crippen LogP contribution < -0.4 is 19.5 Å². The van der Waals surface area contributed by atoms with E-state index in [-0.39, 0.29) is 17.2 Å². The molecule has 1 N–H and O–H groups in total. The fourth-order valence-electron chi connectivity index (χ4n) is 3.18. The van der Waals surface area contributed by atoms with Crippen LogP contribution in [0.4, 0.5) is 5.13 Å². The number of carbonyl (C=O) groups is 1. The zero-order valence-corrected chi connectivity index (χ0v) is 21.9. The van der Waals surface area contributed by atoms with Crippen LogP contribution in [0.3, 0.4) is 0 Å². The fraction of sp³-hybridized carbons (Fsp3) is 0.308. The number of nitriles is 1. The Morgan fingerprint density at radius 1 is 1.17 bits per heavy atom. The van der Waals surface area contributed by atoms with Crippen LogP contribution in [0, 0.1) is 18.3 Å². The number of ether oxygens (including phenoxy) is 3. The zero-order chi connectivity index (χ0) is 25.9. The van der Waals surface area contributed by atoms with E-state index in [1.807, 2.05) is 51.1 Å². The molecule has 1 aromatic heterocycles. The molecule has 0 aliphatic carbocycles. The van der Waals surface area contributed by atoms with Gasteiger partial charge in [0, 0.05) is 6.42 Å². The second-order valence-corrected chi connectivity index (χ2v) is 9.12. The highest BCUT2D eigenvalue weighted by Gasteiger charge is 2.16. The van der Waals surface area contributed by atoms with Gasteiger partial charge in [-0.25, -0.2) is 0 Å². The maximum Gasteiger partial charge on any atom is 0.268 e. The quantitative estimate of drug-likeness (QED) is 0.179. The lowest BCUT2D eigenvalue weighted by atomic mass is 10.1. The minimum atomic E-state index is -0.584. The van der Waals surface area contributed by atoms with Crippen LogP contribution in [0.15, 0.2) is 42.0 Å². The first-order chi connectivity index (χ1) is 17.4. The molecule has 0 fully saturated rings. The molecule has 3 rings (SSSR count). The molecule has 1 amide bonds. The van der Waals surface area contributed by atoms with Gasteiger partial charge in [-0.1, -0.05) is 42.0 Å². The van der Waals surface area contributed by atoms with Crippen molar-refractivity contribution in [1.29, 1.82) is 5.26 Å². The Balaban J connectivity index is 1.71. The van der Waals surface area contributed by atoms with Crippen molar-refractivity contribution in [3.8, 4) is 23.3 Å². The summed E-state index contributed by atoms with van der Waals surface area (Å²) in [5, 5.41) is 21.6. The van der Waals surface area contributed by atoms with Gasteiger partial charge >= 0.3 is 0 Å². The Labute approximate surface area is 219 Å². The molecule has 3 aromatic rings. The summed E-state index contributed by atoms with van der Waals surface area (Å²) in [5.41, 5.74) is 1.51. The van der Waals surface area contributed by atoms with Gasteiger partial charge in [0.15, 0.2) is 11.5 Å². The number of aromatic nitrogens is 2. The lowest BCUT2D eigenvalue weighted by molar-refractivity contribution is -0.112. The number of carbonyl (C=O) groups excluding carboxylic acids is 1. The van der Waals surface area contributed by atoms with Gasteiger partial charge < -0.3 is 14.2 Å². The van der Waals surface area contributed by atoms with E-state index in [1.165, 1.54) is 17.4 Å². The van der Waals surface area contributed by atoms with Gasteiger partial charge in [-0.3, -0.25) is 10.1 Å². The predicted molar refractivity (Wildman–Crippen MR) is 141 cm³/mol. The molecule has 0 aliphatic rings. The number of hydrogen-bond donors (Lipinski definition) is 1. The molecule has 36 heavy (non-hydrogen) atoms. The van der Waals surface area contributed by atoms with E-state index >= 15 is 0 Å². The smallest absolute Gasteiger partial charge is 0.268 e. The number of nitrogens with zero attached hydrogens (tertiary/aromatic N) is 3. The minimum Gasteiger partial charge on any atom is -0.490 e. The molecule has 0 aliphatic heterocycles. The summed E-state index contributed by atoms with van der Waals surface area (Å²) in [4.78, 5) is 12.6. The van der Waals surface area contributed by atoms with Crippen LogP contribution in [0.5, 0.6) is 17.2 Å². The van der Waals surface area contributed by atoms with Gasteiger partial charge in [0.05, 0.1) is 11.6 Å². The van der Waals surface area contributed by atoms with Gasteiger partial charge in [-0.05, 0) is 61.7 Å². The Morgan fingerprint density at radius 3 is 2.69 bits per heavy atom. The van der Waals surface area contributed by atoms with E-state index in [1.54, 1.807) is 12.1 Å². The molecule has 10 heteroatoms. The molecule has 0 radical (unpaired) electrons. The van der Waals surface area contributed by atoms with Crippen molar-refractivity contribution >= 4 is 40.1 Å². The van der Waals surface area contributed by atoms with Crippen LogP contribution in [0.1, 0.15) is 36.4 Å². The monoisotopic (exact) mass is 526 g/mol. The normalized spacial score (nSPS) is 11.0. The SMILES string of the molecule is CCCc1nnc(NC(=O)/C(C#N)=C\c2cc(Cl)c(OCCOc3cccc(C)c3)c(OCC)c2)s1. The minimum absolute atomic E-state index is 0.110. The van der Waals surface area contributed by atoms with Gasteiger partial charge in [-0.2, -0.15) is 5.26 Å². The summed E-state index contributed by atoms with van der Waals surface area (Å²) in [6.07, 6.45) is 3.14. The van der Waals surface area contributed by atoms with E-state index in [0.29, 0.717) is 35.4 Å². The maximum atomic E-state index is 12.6. The average molecular weight is 527 g/mol. The molecule has 2 aromatic carbocycles. The number of halogens is 1. The van der Waals surface area contributed by atoms with Crippen molar-refractivity contribution in [2.45, 2.75) is 33.6 Å². The Morgan fingerprint density at radius 2 is 1.97 bits per heavy atom. The first kappa shape index (κ1) is 27.0. The van der Waals surface area contributed by atoms with Gasteiger partial charge in [0.25, 0.3) is 5.91 Å². The van der Waals surface area contributed by atoms with Crippen molar-refractivity contribution in [1.82, 2.24) is 10.2 Å². The number of hydrogen-bond acceptors (Lipinski definition) is 8. The van der Waals surface area contributed by atoms with E-state index < -0.39 is 5.91 Å². The van der Waals surface area contributed by atoms with Crippen molar-refractivity contribution in [3.63, 3.8) is 0 Å². The van der Waals surface area contributed by atoms with Crippen molar-refractivity contribution < 1.29 is 19.0 Å². The molecule has 0 spiro atoms. The molecule has 8 nitrogen and oxygen atoms in total. The molecular formula is C26H27ClN4O4S. The molecule has 0 bridgehead atoms. The van der Waals surface area contributed by atoms with Crippen molar-refractivity contribution in [2.75, 3.05) is 25.1 Å². The van der Waals surface area contributed by atoms with E-state index in [2.05, 4.69) is 15.5 Å². The highest BCUT2D eigenvalue weighted by molar-refractivity contribution is 7.15. The standard InChI is InChI=1S/C26H27ClN4O4S/c1-4-7-23-30-31-26(36-23)29-25(32)19(16-28)13-18-14-21(27)24(22(15-18)33-5-2)35-11-10-34-20-9-6-8-17(3)12-20/h6,8-9,12-15H,4-5,7,10-11H2,1-3H3,(H,29,31,32)/b19-13-. The topological polar surface area (TPSA) is 106 Å². The lowest BCUT2D eigenvalue weighted by Gasteiger charge is -2.15. The maximum absolute atomic E-state index is 12.6. The molecular weight excluding hydrogens is 500 g/mol. The number of benzene rings is 2. The van der Waals surface area contributed by atoms with Crippen LogP contribution >= 0.6 is 22.9 Å². The molecule has 1 heterocycles. The number of amides is 1. The summed E-state index contributed by atoms with van der Waals surface area (Å²) >= 11 is 7.76. The summed E-state index contributed by atoms with van der Waals surface area (Å²) in [6, 6.07) is 12.9. The third kappa shape index (κ3) is 7.70. The summed E-state index contributed by atoms with van der Waals surface area (Å²) in [6.45, 7) is 6.81. The molecule has 0 unspecified atom stereocenters.